The van der Waals surface area contributed by atoms with E-state index in [0.29, 0.717) is 32.5 Å². The fraction of sp³-hybridized carbons (Fsp3) is 0.632. The van der Waals surface area contributed by atoms with Crippen molar-refractivity contribution in [3.8, 4) is 0 Å². The number of carbonyl (C=O) groups excluding carboxylic acids is 1. The van der Waals surface area contributed by atoms with Crippen LogP contribution in [0.1, 0.15) is 44.7 Å². The molecular weight excluding hydrogens is 336 g/mol. The summed E-state index contributed by atoms with van der Waals surface area (Å²) >= 11 is 0. The van der Waals surface area contributed by atoms with Crippen LogP contribution in [-0.2, 0) is 26.5 Å². The predicted octanol–water partition coefficient (Wildman–Crippen LogP) is 1.81. The first-order chi connectivity index (χ1) is 11.6. The Labute approximate surface area is 151 Å². The molecule has 2 rings (SSSR count). The van der Waals surface area contributed by atoms with Crippen molar-refractivity contribution >= 4 is 15.7 Å². The van der Waals surface area contributed by atoms with Gasteiger partial charge in [0, 0.05) is 18.2 Å². The smallest absolute Gasteiger partial charge is 0.241 e. The summed E-state index contributed by atoms with van der Waals surface area (Å²) in [6.45, 7) is 7.73. The molecule has 140 valence electrons. The molecule has 0 aliphatic carbocycles. The molecule has 0 bridgehead atoms. The monoisotopic (exact) mass is 366 g/mol. The van der Waals surface area contributed by atoms with E-state index in [1.54, 1.807) is 0 Å². The van der Waals surface area contributed by atoms with E-state index in [2.05, 4.69) is 55.7 Å². The van der Waals surface area contributed by atoms with Crippen molar-refractivity contribution in [3.63, 3.8) is 0 Å². The average Bonchev–Trinajstić information content (AvgIpc) is 2.59. The van der Waals surface area contributed by atoms with Gasteiger partial charge in [0.1, 0.15) is 0 Å². The Morgan fingerprint density at radius 2 is 1.76 bits per heavy atom. The van der Waals surface area contributed by atoms with Crippen LogP contribution in [0.15, 0.2) is 24.3 Å². The van der Waals surface area contributed by atoms with E-state index in [-0.39, 0.29) is 11.3 Å². The number of carbonyl (C=O) groups is 1. The topological polar surface area (TPSA) is 75.3 Å². The molecule has 0 spiro atoms. The second-order valence-electron chi connectivity index (χ2n) is 7.63. The molecule has 5 nitrogen and oxygen atoms in total. The summed E-state index contributed by atoms with van der Waals surface area (Å²) in [5, 5.41) is 6.05. The third kappa shape index (κ3) is 4.23. The second-order valence-corrected chi connectivity index (χ2v) is 9.96. The summed E-state index contributed by atoms with van der Waals surface area (Å²) in [6.07, 6.45) is 2.81. The maximum absolute atomic E-state index is 12.8. The Balaban J connectivity index is 2.13. The Bertz CT molecular complexity index is 703. The van der Waals surface area contributed by atoms with Crippen LogP contribution in [0.5, 0.6) is 0 Å². The molecular formula is C19H30N2O3S. The zero-order chi connectivity index (χ0) is 18.7. The highest BCUT2D eigenvalue weighted by molar-refractivity contribution is 7.92. The number of nitrogens with one attached hydrogen (secondary N) is 2. The molecule has 1 aromatic carbocycles. The van der Waals surface area contributed by atoms with Gasteiger partial charge in [-0.25, -0.2) is 8.42 Å². The van der Waals surface area contributed by atoms with Gasteiger partial charge >= 0.3 is 0 Å². The van der Waals surface area contributed by atoms with E-state index in [1.807, 2.05) is 0 Å². The number of sulfone groups is 1. The molecule has 1 aliphatic rings. The Hall–Kier alpha value is -1.40. The van der Waals surface area contributed by atoms with E-state index >= 15 is 0 Å². The first kappa shape index (κ1) is 19.9. The molecule has 1 saturated heterocycles. The summed E-state index contributed by atoms with van der Waals surface area (Å²) in [7, 11) is -3.48. The summed E-state index contributed by atoms with van der Waals surface area (Å²) in [6, 6.07) is 8.37. The molecule has 0 saturated carbocycles. The van der Waals surface area contributed by atoms with Crippen molar-refractivity contribution in [3.05, 3.63) is 35.4 Å². The number of amides is 1. The van der Waals surface area contributed by atoms with E-state index in [1.165, 1.54) is 11.8 Å². The highest BCUT2D eigenvalue weighted by atomic mass is 32.2. The molecule has 1 heterocycles. The van der Waals surface area contributed by atoms with E-state index in [4.69, 9.17) is 0 Å². The van der Waals surface area contributed by atoms with E-state index in [0.717, 1.165) is 12.0 Å². The summed E-state index contributed by atoms with van der Waals surface area (Å²) in [5.74, 6) is -0.366. The van der Waals surface area contributed by atoms with Crippen molar-refractivity contribution < 1.29 is 13.2 Å². The number of aryl methyl sites for hydroxylation is 1. The summed E-state index contributed by atoms with van der Waals surface area (Å²) in [4.78, 5) is 12.8. The highest BCUT2D eigenvalue weighted by Gasteiger charge is 2.48. The maximum Gasteiger partial charge on any atom is 0.241 e. The average molecular weight is 367 g/mol. The lowest BCUT2D eigenvalue weighted by Crippen LogP contribution is -2.58. The molecule has 0 unspecified atom stereocenters. The van der Waals surface area contributed by atoms with Crippen LogP contribution in [0.3, 0.4) is 0 Å². The molecule has 25 heavy (non-hydrogen) atoms. The lowest BCUT2D eigenvalue weighted by atomic mass is 9.83. The number of hydrogen-bond acceptors (Lipinski definition) is 4. The van der Waals surface area contributed by atoms with Gasteiger partial charge in [0.05, 0.1) is 0 Å². The van der Waals surface area contributed by atoms with Gasteiger partial charge < -0.3 is 10.6 Å². The number of benzene rings is 1. The third-order valence-corrected chi connectivity index (χ3v) is 7.38. The van der Waals surface area contributed by atoms with Crippen LogP contribution in [-0.4, -0.2) is 45.0 Å². The summed E-state index contributed by atoms with van der Waals surface area (Å²) in [5.41, 5.74) is 2.13. The molecule has 1 amide bonds. The van der Waals surface area contributed by atoms with Crippen LogP contribution >= 0.6 is 0 Å². The number of piperidine rings is 1. The molecule has 1 fully saturated rings. The van der Waals surface area contributed by atoms with Gasteiger partial charge in [-0.05, 0) is 43.5 Å². The third-order valence-electron chi connectivity index (χ3n) is 5.37. The minimum Gasteiger partial charge on any atom is -0.354 e. The SMILES string of the molecule is CCc1ccc(C(C)(C)CNC(=O)C2(S(C)(=O)=O)CCNCC2)cc1. The molecule has 0 aromatic heterocycles. The van der Waals surface area contributed by atoms with Crippen LogP contribution in [0, 0.1) is 0 Å². The van der Waals surface area contributed by atoms with Gasteiger partial charge in [-0.1, -0.05) is 45.0 Å². The fourth-order valence-electron chi connectivity index (χ4n) is 3.35. The zero-order valence-corrected chi connectivity index (χ0v) is 16.5. The molecule has 1 aromatic rings. The van der Waals surface area contributed by atoms with E-state index < -0.39 is 14.6 Å². The molecule has 2 N–H and O–H groups in total. The normalized spacial score (nSPS) is 17.9. The molecule has 6 heteroatoms. The Kier molecular flexibility index (Phi) is 5.94. The van der Waals surface area contributed by atoms with Crippen LogP contribution in [0.4, 0.5) is 0 Å². The zero-order valence-electron chi connectivity index (χ0n) is 15.7. The fourth-order valence-corrected chi connectivity index (χ4v) is 4.71. The Morgan fingerprint density at radius 3 is 2.24 bits per heavy atom. The Morgan fingerprint density at radius 1 is 1.20 bits per heavy atom. The second kappa shape index (κ2) is 7.46. The molecule has 0 atom stereocenters. The van der Waals surface area contributed by atoms with Crippen molar-refractivity contribution in [2.75, 3.05) is 25.9 Å². The van der Waals surface area contributed by atoms with Crippen molar-refractivity contribution in [1.29, 1.82) is 0 Å². The van der Waals surface area contributed by atoms with Crippen LogP contribution in [0.2, 0.25) is 0 Å². The van der Waals surface area contributed by atoms with Crippen LogP contribution in [0.25, 0.3) is 0 Å². The van der Waals surface area contributed by atoms with Crippen molar-refractivity contribution in [1.82, 2.24) is 10.6 Å². The quantitative estimate of drug-likeness (QED) is 0.805. The lowest BCUT2D eigenvalue weighted by molar-refractivity contribution is -0.124. The van der Waals surface area contributed by atoms with Gasteiger partial charge in [-0.2, -0.15) is 0 Å². The number of hydrogen-bond donors (Lipinski definition) is 2. The first-order valence-electron chi connectivity index (χ1n) is 8.90. The van der Waals surface area contributed by atoms with Gasteiger partial charge in [0.15, 0.2) is 14.6 Å². The highest BCUT2D eigenvalue weighted by Crippen LogP contribution is 2.29. The van der Waals surface area contributed by atoms with Crippen molar-refractivity contribution in [2.24, 2.45) is 0 Å². The number of rotatable bonds is 6. The van der Waals surface area contributed by atoms with Gasteiger partial charge in [0.25, 0.3) is 0 Å². The maximum atomic E-state index is 12.8. The van der Waals surface area contributed by atoms with Crippen molar-refractivity contribution in [2.45, 2.75) is 50.2 Å². The molecule has 1 aliphatic heterocycles. The molecule has 0 radical (unpaired) electrons. The predicted molar refractivity (Wildman–Crippen MR) is 102 cm³/mol. The summed E-state index contributed by atoms with van der Waals surface area (Å²) < 4.78 is 23.3. The lowest BCUT2D eigenvalue weighted by Gasteiger charge is -2.35. The van der Waals surface area contributed by atoms with Gasteiger partial charge in [0.2, 0.25) is 5.91 Å². The standard InChI is InChI=1S/C19H30N2O3S/c1-5-15-6-8-16(9-7-15)18(2,3)14-21-17(22)19(25(4,23)24)10-12-20-13-11-19/h6-9,20H,5,10-14H2,1-4H3,(H,21,22). The van der Waals surface area contributed by atoms with Gasteiger partial charge in [-0.3, -0.25) is 4.79 Å². The minimum atomic E-state index is -3.48. The van der Waals surface area contributed by atoms with Gasteiger partial charge in [-0.15, -0.1) is 0 Å². The largest absolute Gasteiger partial charge is 0.354 e. The minimum absolute atomic E-state index is 0.270. The van der Waals surface area contributed by atoms with E-state index in [9.17, 15) is 13.2 Å². The first-order valence-corrected chi connectivity index (χ1v) is 10.8. The van der Waals surface area contributed by atoms with Crippen LogP contribution < -0.4 is 10.6 Å².